The van der Waals surface area contributed by atoms with Crippen LogP contribution >= 0.6 is 0 Å². The van der Waals surface area contributed by atoms with Crippen molar-refractivity contribution in [2.24, 2.45) is 0 Å². The molecule has 1 aromatic rings. The molecule has 1 aromatic carbocycles. The molecule has 118 valence electrons. The zero-order valence-corrected chi connectivity index (χ0v) is 12.7. The Morgan fingerprint density at radius 2 is 1.90 bits per heavy atom. The number of carboxylic acids is 1. The lowest BCUT2D eigenvalue weighted by molar-refractivity contribution is -0.137. The molecule has 0 aliphatic carbocycles. The summed E-state index contributed by atoms with van der Waals surface area (Å²) >= 11 is 0. The van der Waals surface area contributed by atoms with Crippen LogP contribution in [-0.2, 0) is 4.79 Å². The van der Waals surface area contributed by atoms with Gasteiger partial charge in [-0.1, -0.05) is 12.1 Å². The number of hydrogen-bond donors (Lipinski definition) is 3. The first-order valence-electron chi connectivity index (χ1n) is 7.36. The van der Waals surface area contributed by atoms with Gasteiger partial charge in [-0.2, -0.15) is 0 Å². The highest BCUT2D eigenvalue weighted by Crippen LogP contribution is 2.20. The lowest BCUT2D eigenvalue weighted by Gasteiger charge is -2.13. The average molecular weight is 295 g/mol. The quantitative estimate of drug-likeness (QED) is 0.577. The normalized spacial score (nSPS) is 12.4. The Morgan fingerprint density at radius 3 is 2.48 bits per heavy atom. The summed E-state index contributed by atoms with van der Waals surface area (Å²) in [5.74, 6) is 0.0216. The SMILES string of the molecule is CC(C)Oc1ccc(C(O)CCNCCCC(=O)O)cc1. The summed E-state index contributed by atoms with van der Waals surface area (Å²) in [5.41, 5.74) is 0.860. The molecule has 1 unspecified atom stereocenters. The van der Waals surface area contributed by atoms with Gasteiger partial charge in [0.05, 0.1) is 12.2 Å². The third-order valence-electron chi connectivity index (χ3n) is 2.98. The molecule has 0 spiro atoms. The predicted molar refractivity (Wildman–Crippen MR) is 81.5 cm³/mol. The molecule has 0 amide bonds. The van der Waals surface area contributed by atoms with E-state index in [2.05, 4.69) is 5.32 Å². The summed E-state index contributed by atoms with van der Waals surface area (Å²) in [6, 6.07) is 7.46. The van der Waals surface area contributed by atoms with E-state index >= 15 is 0 Å². The van der Waals surface area contributed by atoms with Crippen LogP contribution in [-0.4, -0.2) is 35.4 Å². The molecule has 0 fully saturated rings. The summed E-state index contributed by atoms with van der Waals surface area (Å²) < 4.78 is 5.55. The van der Waals surface area contributed by atoms with Gasteiger partial charge in [0.15, 0.2) is 0 Å². The summed E-state index contributed by atoms with van der Waals surface area (Å²) in [4.78, 5) is 10.3. The van der Waals surface area contributed by atoms with Crippen molar-refractivity contribution in [3.8, 4) is 5.75 Å². The van der Waals surface area contributed by atoms with Gasteiger partial charge in [0, 0.05) is 6.42 Å². The lowest BCUT2D eigenvalue weighted by atomic mass is 10.1. The number of aliphatic hydroxyl groups is 1. The van der Waals surface area contributed by atoms with Crippen LogP contribution < -0.4 is 10.1 Å². The second-order valence-electron chi connectivity index (χ2n) is 5.29. The molecule has 0 radical (unpaired) electrons. The van der Waals surface area contributed by atoms with Crippen LogP contribution in [0.4, 0.5) is 0 Å². The van der Waals surface area contributed by atoms with Gasteiger partial charge in [0.1, 0.15) is 5.75 Å². The number of carbonyl (C=O) groups is 1. The lowest BCUT2D eigenvalue weighted by Crippen LogP contribution is -2.19. The molecule has 0 aromatic heterocycles. The van der Waals surface area contributed by atoms with E-state index in [1.807, 2.05) is 38.1 Å². The fourth-order valence-corrected chi connectivity index (χ4v) is 1.94. The van der Waals surface area contributed by atoms with E-state index in [0.717, 1.165) is 11.3 Å². The molecule has 21 heavy (non-hydrogen) atoms. The molecule has 5 heteroatoms. The van der Waals surface area contributed by atoms with Crippen molar-refractivity contribution in [3.05, 3.63) is 29.8 Å². The van der Waals surface area contributed by atoms with Crippen molar-refractivity contribution < 1.29 is 19.7 Å². The molecular weight excluding hydrogens is 270 g/mol. The summed E-state index contributed by atoms with van der Waals surface area (Å²) in [6.45, 7) is 5.25. The van der Waals surface area contributed by atoms with E-state index in [1.165, 1.54) is 0 Å². The zero-order valence-electron chi connectivity index (χ0n) is 12.7. The Bertz CT molecular complexity index is 417. The van der Waals surface area contributed by atoms with E-state index in [-0.39, 0.29) is 12.5 Å². The van der Waals surface area contributed by atoms with Crippen LogP contribution in [0, 0.1) is 0 Å². The molecule has 0 aliphatic rings. The second kappa shape index (κ2) is 9.37. The minimum Gasteiger partial charge on any atom is -0.491 e. The number of benzene rings is 1. The van der Waals surface area contributed by atoms with Crippen LogP contribution in [0.25, 0.3) is 0 Å². The van der Waals surface area contributed by atoms with Crippen LogP contribution in [0.5, 0.6) is 5.75 Å². The molecule has 0 heterocycles. The third kappa shape index (κ3) is 7.68. The van der Waals surface area contributed by atoms with Crippen molar-refractivity contribution in [2.45, 2.75) is 45.3 Å². The first-order valence-corrected chi connectivity index (χ1v) is 7.36. The van der Waals surface area contributed by atoms with Crippen LogP contribution in [0.3, 0.4) is 0 Å². The Labute approximate surface area is 125 Å². The van der Waals surface area contributed by atoms with Gasteiger partial charge in [-0.3, -0.25) is 4.79 Å². The zero-order chi connectivity index (χ0) is 15.7. The number of aliphatic hydroxyl groups excluding tert-OH is 1. The van der Waals surface area contributed by atoms with Crippen LogP contribution in [0.1, 0.15) is 44.8 Å². The van der Waals surface area contributed by atoms with Gasteiger partial charge in [0.25, 0.3) is 0 Å². The second-order valence-corrected chi connectivity index (χ2v) is 5.29. The number of rotatable bonds is 10. The van der Waals surface area contributed by atoms with Crippen LogP contribution in [0.2, 0.25) is 0 Å². The summed E-state index contributed by atoms with van der Waals surface area (Å²) in [6.07, 6.45) is 0.984. The number of nitrogens with one attached hydrogen (secondary N) is 1. The maximum atomic E-state index is 10.3. The molecule has 5 nitrogen and oxygen atoms in total. The monoisotopic (exact) mass is 295 g/mol. The van der Waals surface area contributed by atoms with E-state index in [9.17, 15) is 9.90 Å². The molecule has 1 rings (SSSR count). The fraction of sp³-hybridized carbons (Fsp3) is 0.562. The van der Waals surface area contributed by atoms with E-state index in [4.69, 9.17) is 9.84 Å². The van der Waals surface area contributed by atoms with Crippen LogP contribution in [0.15, 0.2) is 24.3 Å². The Balaban J connectivity index is 2.25. The van der Waals surface area contributed by atoms with E-state index in [1.54, 1.807) is 0 Å². The smallest absolute Gasteiger partial charge is 0.303 e. The first kappa shape index (κ1) is 17.5. The van der Waals surface area contributed by atoms with E-state index in [0.29, 0.717) is 25.9 Å². The molecule has 3 N–H and O–H groups in total. The van der Waals surface area contributed by atoms with Gasteiger partial charge in [-0.25, -0.2) is 0 Å². The third-order valence-corrected chi connectivity index (χ3v) is 2.98. The van der Waals surface area contributed by atoms with Gasteiger partial charge < -0.3 is 20.3 Å². The number of ether oxygens (including phenoxy) is 1. The number of hydrogen-bond acceptors (Lipinski definition) is 4. The Morgan fingerprint density at radius 1 is 1.24 bits per heavy atom. The summed E-state index contributed by atoms with van der Waals surface area (Å²) in [7, 11) is 0. The molecule has 0 aliphatic heterocycles. The Kier molecular flexibility index (Phi) is 7.79. The van der Waals surface area contributed by atoms with Gasteiger partial charge in [-0.05, 0) is 57.5 Å². The minimum absolute atomic E-state index is 0.135. The molecule has 0 saturated heterocycles. The van der Waals surface area contributed by atoms with Crippen molar-refractivity contribution >= 4 is 5.97 Å². The van der Waals surface area contributed by atoms with Gasteiger partial charge in [-0.15, -0.1) is 0 Å². The molecular formula is C16H25NO4. The molecule has 0 bridgehead atoms. The number of aliphatic carboxylic acids is 1. The maximum Gasteiger partial charge on any atom is 0.303 e. The van der Waals surface area contributed by atoms with Gasteiger partial charge >= 0.3 is 5.97 Å². The minimum atomic E-state index is -0.777. The van der Waals surface area contributed by atoms with Crippen molar-refractivity contribution in [1.29, 1.82) is 0 Å². The highest BCUT2D eigenvalue weighted by atomic mass is 16.5. The predicted octanol–water partition coefficient (Wildman–Crippen LogP) is 2.35. The summed E-state index contributed by atoms with van der Waals surface area (Å²) in [5, 5.41) is 21.7. The van der Waals surface area contributed by atoms with Crippen molar-refractivity contribution in [3.63, 3.8) is 0 Å². The number of carboxylic acid groups (broad SMARTS) is 1. The first-order chi connectivity index (χ1) is 9.99. The maximum absolute atomic E-state index is 10.3. The largest absolute Gasteiger partial charge is 0.491 e. The highest BCUT2D eigenvalue weighted by Gasteiger charge is 2.07. The molecule has 1 atom stereocenters. The highest BCUT2D eigenvalue weighted by molar-refractivity contribution is 5.66. The van der Waals surface area contributed by atoms with Crippen molar-refractivity contribution in [2.75, 3.05) is 13.1 Å². The topological polar surface area (TPSA) is 78.8 Å². The average Bonchev–Trinajstić information content (AvgIpc) is 2.42. The van der Waals surface area contributed by atoms with Gasteiger partial charge in [0.2, 0.25) is 0 Å². The Hall–Kier alpha value is -1.59. The van der Waals surface area contributed by atoms with E-state index < -0.39 is 12.1 Å². The molecule has 0 saturated carbocycles. The standard InChI is InChI=1S/C16H25NO4/c1-12(2)21-14-7-5-13(6-8-14)15(18)9-11-17-10-3-4-16(19)20/h5-8,12,15,17-18H,3-4,9-11H2,1-2H3,(H,19,20). The van der Waals surface area contributed by atoms with Crippen molar-refractivity contribution in [1.82, 2.24) is 5.32 Å². The fourth-order valence-electron chi connectivity index (χ4n) is 1.94.